The van der Waals surface area contributed by atoms with Crippen LogP contribution in [0.1, 0.15) is 36.5 Å². The number of nitrogens with two attached hydrogens (primary N) is 1. The van der Waals surface area contributed by atoms with Crippen LogP contribution in [0.4, 0.5) is 0 Å². The molecule has 0 fully saturated rings. The van der Waals surface area contributed by atoms with E-state index >= 15 is 0 Å². The molecule has 0 radical (unpaired) electrons. The molecular formula is C19H21N5O4. The molecule has 1 aromatic carbocycles. The Kier molecular flexibility index (Phi) is 4.91. The lowest BCUT2D eigenvalue weighted by Gasteiger charge is -2.15. The number of hydrogen-bond donors (Lipinski definition) is 2. The lowest BCUT2D eigenvalue weighted by atomic mass is 10.1. The minimum atomic E-state index is -0.748. The Morgan fingerprint density at radius 3 is 2.36 bits per heavy atom. The minimum Gasteiger partial charge on any atom is -0.455 e. The molecule has 2 aromatic heterocycles. The summed E-state index contributed by atoms with van der Waals surface area (Å²) in [4.78, 5) is 38.2. The highest BCUT2D eigenvalue weighted by molar-refractivity contribution is 5.50. The van der Waals surface area contributed by atoms with Crippen LogP contribution < -0.4 is 27.4 Å². The molecule has 3 rings (SSSR count). The van der Waals surface area contributed by atoms with E-state index in [0.29, 0.717) is 27.4 Å². The molecule has 28 heavy (non-hydrogen) atoms. The maximum Gasteiger partial charge on any atom is 0.370 e. The van der Waals surface area contributed by atoms with E-state index in [1.165, 1.54) is 6.20 Å². The number of hydrogen-bond acceptors (Lipinski definition) is 6. The average molecular weight is 383 g/mol. The number of nitrogens with zero attached hydrogens (tertiary/aromatic N) is 3. The lowest BCUT2D eigenvalue weighted by Crippen LogP contribution is -2.44. The zero-order valence-electron chi connectivity index (χ0n) is 16.0. The predicted molar refractivity (Wildman–Crippen MR) is 105 cm³/mol. The van der Waals surface area contributed by atoms with Crippen molar-refractivity contribution < 1.29 is 4.74 Å². The summed E-state index contributed by atoms with van der Waals surface area (Å²) < 4.78 is 7.53. The van der Waals surface area contributed by atoms with Gasteiger partial charge < -0.3 is 15.6 Å². The van der Waals surface area contributed by atoms with Gasteiger partial charge >= 0.3 is 5.69 Å². The van der Waals surface area contributed by atoms with Gasteiger partial charge in [0.1, 0.15) is 17.7 Å². The Labute approximate surface area is 160 Å². The van der Waals surface area contributed by atoms with E-state index in [1.807, 2.05) is 27.7 Å². The summed E-state index contributed by atoms with van der Waals surface area (Å²) in [6.45, 7) is 7.51. The Balaban J connectivity index is 2.03. The van der Waals surface area contributed by atoms with Gasteiger partial charge in [0.25, 0.3) is 11.1 Å². The van der Waals surface area contributed by atoms with Gasteiger partial charge in [-0.15, -0.1) is 0 Å². The second-order valence-electron chi connectivity index (χ2n) is 6.83. The third kappa shape index (κ3) is 3.46. The molecule has 0 aliphatic heterocycles. The van der Waals surface area contributed by atoms with Crippen LogP contribution in [0.5, 0.6) is 11.5 Å². The fourth-order valence-corrected chi connectivity index (χ4v) is 2.89. The van der Waals surface area contributed by atoms with E-state index in [1.54, 1.807) is 18.2 Å². The molecule has 0 saturated heterocycles. The van der Waals surface area contributed by atoms with Gasteiger partial charge in [0.05, 0.1) is 5.69 Å². The first-order valence-corrected chi connectivity index (χ1v) is 8.67. The lowest BCUT2D eigenvalue weighted by molar-refractivity contribution is 0.470. The highest BCUT2D eigenvalue weighted by atomic mass is 16.5. The Morgan fingerprint density at radius 1 is 1.11 bits per heavy atom. The summed E-state index contributed by atoms with van der Waals surface area (Å²) >= 11 is 0. The van der Waals surface area contributed by atoms with Crippen LogP contribution in [0.3, 0.4) is 0 Å². The van der Waals surface area contributed by atoms with Crippen LogP contribution in [-0.4, -0.2) is 19.4 Å². The number of rotatable bonds is 4. The second kappa shape index (κ2) is 7.18. The fraction of sp³-hybridized carbons (Fsp3) is 0.263. The first kappa shape index (κ1) is 19.2. The average Bonchev–Trinajstić information content (AvgIpc) is 2.63. The van der Waals surface area contributed by atoms with E-state index in [9.17, 15) is 14.4 Å². The molecule has 0 aliphatic carbocycles. The Bertz CT molecular complexity index is 1200. The second-order valence-corrected chi connectivity index (χ2v) is 6.83. The molecular weight excluding hydrogens is 362 g/mol. The quantitative estimate of drug-likeness (QED) is 0.655. The Hall–Kier alpha value is -3.62. The zero-order valence-corrected chi connectivity index (χ0v) is 16.0. The summed E-state index contributed by atoms with van der Waals surface area (Å²) in [5.74, 6) is 6.62. The SMILES string of the molecule is Cc1cc(-n2ncc(=O)n(N)c2=O)cc(C)c1Oc1c[nH]c(=O)c(C(C)C)c1. The fourth-order valence-electron chi connectivity index (χ4n) is 2.89. The van der Waals surface area contributed by atoms with Crippen LogP contribution in [-0.2, 0) is 0 Å². The third-order valence-electron chi connectivity index (χ3n) is 4.35. The van der Waals surface area contributed by atoms with Gasteiger partial charge in [0, 0.05) is 11.8 Å². The van der Waals surface area contributed by atoms with Crippen molar-refractivity contribution in [3.05, 3.63) is 78.5 Å². The number of pyridine rings is 1. The van der Waals surface area contributed by atoms with E-state index in [2.05, 4.69) is 10.1 Å². The standard InChI is InChI=1S/C19H21N5O4/c1-10(2)15-7-14(8-21-18(15)26)28-17-11(3)5-13(6-12(17)4)24-19(27)23(20)16(25)9-22-24/h5-10H,20H2,1-4H3,(H,21,26). The summed E-state index contributed by atoms with van der Waals surface area (Å²) in [7, 11) is 0. The van der Waals surface area contributed by atoms with Gasteiger partial charge in [-0.3, -0.25) is 9.59 Å². The topological polar surface area (TPSA) is 125 Å². The van der Waals surface area contributed by atoms with Crippen molar-refractivity contribution in [2.75, 3.05) is 5.84 Å². The summed E-state index contributed by atoms with van der Waals surface area (Å²) in [5.41, 5.74) is 0.997. The molecule has 9 nitrogen and oxygen atoms in total. The van der Waals surface area contributed by atoms with Gasteiger partial charge in [-0.1, -0.05) is 13.8 Å². The molecule has 0 saturated carbocycles. The first-order valence-electron chi connectivity index (χ1n) is 8.67. The molecule has 3 N–H and O–H groups in total. The highest BCUT2D eigenvalue weighted by Crippen LogP contribution is 2.30. The number of nitrogens with one attached hydrogen (secondary N) is 1. The van der Waals surface area contributed by atoms with E-state index in [-0.39, 0.29) is 11.5 Å². The van der Waals surface area contributed by atoms with E-state index in [0.717, 1.165) is 22.0 Å². The molecule has 3 aromatic rings. The molecule has 0 spiro atoms. The van der Waals surface area contributed by atoms with Crippen molar-refractivity contribution in [2.45, 2.75) is 33.6 Å². The minimum absolute atomic E-state index is 0.0572. The number of benzene rings is 1. The van der Waals surface area contributed by atoms with Crippen LogP contribution in [0.25, 0.3) is 5.69 Å². The van der Waals surface area contributed by atoms with Gasteiger partial charge in [-0.2, -0.15) is 14.5 Å². The molecule has 9 heteroatoms. The highest BCUT2D eigenvalue weighted by Gasteiger charge is 2.13. The van der Waals surface area contributed by atoms with Crippen molar-refractivity contribution in [3.8, 4) is 17.2 Å². The largest absolute Gasteiger partial charge is 0.455 e. The molecule has 0 amide bonds. The predicted octanol–water partition coefficient (Wildman–Crippen LogP) is 1.33. The number of aromatic amines is 1. The molecule has 146 valence electrons. The van der Waals surface area contributed by atoms with Crippen LogP contribution in [0.2, 0.25) is 0 Å². The third-order valence-corrected chi connectivity index (χ3v) is 4.35. The van der Waals surface area contributed by atoms with Crippen molar-refractivity contribution in [2.24, 2.45) is 0 Å². The number of H-pyrrole nitrogens is 1. The van der Waals surface area contributed by atoms with E-state index < -0.39 is 11.2 Å². The van der Waals surface area contributed by atoms with E-state index in [4.69, 9.17) is 10.6 Å². The van der Waals surface area contributed by atoms with Gasteiger partial charge in [0.15, 0.2) is 0 Å². The number of aromatic nitrogens is 4. The maximum absolute atomic E-state index is 12.2. The van der Waals surface area contributed by atoms with Crippen molar-refractivity contribution in [1.29, 1.82) is 0 Å². The van der Waals surface area contributed by atoms with Gasteiger partial charge in [-0.25, -0.2) is 4.79 Å². The zero-order chi connectivity index (χ0) is 20.6. The molecule has 0 atom stereocenters. The smallest absolute Gasteiger partial charge is 0.370 e. The molecule has 0 unspecified atom stereocenters. The summed E-state index contributed by atoms with van der Waals surface area (Å²) in [6.07, 6.45) is 2.49. The van der Waals surface area contributed by atoms with Crippen LogP contribution >= 0.6 is 0 Å². The molecule has 0 bridgehead atoms. The van der Waals surface area contributed by atoms with Crippen molar-refractivity contribution in [1.82, 2.24) is 19.4 Å². The number of nitrogen functional groups attached to an aromatic ring is 1. The Morgan fingerprint density at radius 2 is 1.75 bits per heavy atom. The molecule has 2 heterocycles. The molecule has 0 aliphatic rings. The number of aryl methyl sites for hydroxylation is 2. The normalized spacial score (nSPS) is 11.0. The van der Waals surface area contributed by atoms with Gasteiger partial charge in [0.2, 0.25) is 0 Å². The summed E-state index contributed by atoms with van der Waals surface area (Å²) in [5, 5.41) is 3.86. The van der Waals surface area contributed by atoms with Gasteiger partial charge in [-0.05, 0) is 49.1 Å². The maximum atomic E-state index is 12.2. The van der Waals surface area contributed by atoms with Crippen molar-refractivity contribution in [3.63, 3.8) is 0 Å². The van der Waals surface area contributed by atoms with Crippen LogP contribution in [0, 0.1) is 13.8 Å². The number of ether oxygens (including phenoxy) is 1. The first-order chi connectivity index (χ1) is 13.2. The monoisotopic (exact) mass is 383 g/mol. The van der Waals surface area contributed by atoms with Crippen molar-refractivity contribution >= 4 is 0 Å². The summed E-state index contributed by atoms with van der Waals surface area (Å²) in [6, 6.07) is 5.12. The van der Waals surface area contributed by atoms with Crippen LogP contribution in [0.15, 0.2) is 45.0 Å².